The van der Waals surface area contributed by atoms with Crippen molar-refractivity contribution in [3.63, 3.8) is 0 Å². The quantitative estimate of drug-likeness (QED) is 0.906. The molecule has 0 saturated carbocycles. The first-order valence-electron chi connectivity index (χ1n) is 8.62. The molecular formula is C17H22N4OS2. The Balaban J connectivity index is 1.26. The highest BCUT2D eigenvalue weighted by atomic mass is 32.2. The minimum absolute atomic E-state index is 0.000442. The summed E-state index contributed by atoms with van der Waals surface area (Å²) in [6.45, 7) is 3.14. The third-order valence-corrected chi connectivity index (χ3v) is 6.84. The lowest BCUT2D eigenvalue weighted by Gasteiger charge is -2.35. The summed E-state index contributed by atoms with van der Waals surface area (Å²) in [6.07, 6.45) is 3.73. The second-order valence-electron chi connectivity index (χ2n) is 6.67. The van der Waals surface area contributed by atoms with Gasteiger partial charge in [-0.25, -0.2) is 0 Å². The first kappa shape index (κ1) is 16.3. The fourth-order valence-electron chi connectivity index (χ4n) is 3.59. The molecule has 2 fully saturated rings. The molecule has 1 aromatic carbocycles. The molecule has 0 radical (unpaired) electrons. The first-order valence-corrected chi connectivity index (χ1v) is 10.5. The number of benzene rings is 1. The minimum Gasteiger partial charge on any atom is -0.352 e. The van der Waals surface area contributed by atoms with E-state index in [0.717, 1.165) is 23.6 Å². The summed E-state index contributed by atoms with van der Waals surface area (Å²) in [5, 5.41) is 3.10. The number of thioether (sulfide) groups is 1. The molecule has 1 aromatic heterocycles. The zero-order valence-electron chi connectivity index (χ0n) is 13.6. The van der Waals surface area contributed by atoms with Gasteiger partial charge in [-0.05, 0) is 62.2 Å². The molecule has 0 aliphatic carbocycles. The smallest absolute Gasteiger partial charge is 0.251 e. The van der Waals surface area contributed by atoms with Crippen molar-refractivity contribution in [2.24, 2.45) is 5.92 Å². The SMILES string of the molecule is O=C(NCC1CCN([C@@H]2CCSC2)CC1)c1ccc2nsnc2c1. The van der Waals surface area contributed by atoms with Crippen molar-refractivity contribution in [3.05, 3.63) is 23.8 Å². The third kappa shape index (κ3) is 3.58. The van der Waals surface area contributed by atoms with Crippen LogP contribution >= 0.6 is 23.5 Å². The van der Waals surface area contributed by atoms with E-state index in [1.54, 1.807) is 0 Å². The van der Waals surface area contributed by atoms with Gasteiger partial charge in [0.2, 0.25) is 0 Å². The van der Waals surface area contributed by atoms with Gasteiger partial charge in [-0.1, -0.05) is 0 Å². The second-order valence-corrected chi connectivity index (χ2v) is 8.35. The fourth-order valence-corrected chi connectivity index (χ4v) is 5.37. The molecule has 1 atom stereocenters. The van der Waals surface area contributed by atoms with Gasteiger partial charge in [-0.2, -0.15) is 20.5 Å². The molecule has 2 saturated heterocycles. The van der Waals surface area contributed by atoms with Crippen molar-refractivity contribution in [3.8, 4) is 0 Å². The van der Waals surface area contributed by atoms with Gasteiger partial charge in [0, 0.05) is 23.9 Å². The largest absolute Gasteiger partial charge is 0.352 e. The molecule has 0 bridgehead atoms. The van der Waals surface area contributed by atoms with Crippen molar-refractivity contribution in [2.75, 3.05) is 31.1 Å². The van der Waals surface area contributed by atoms with Crippen LogP contribution in [0.1, 0.15) is 29.6 Å². The van der Waals surface area contributed by atoms with E-state index >= 15 is 0 Å². The molecular weight excluding hydrogens is 340 g/mol. The maximum absolute atomic E-state index is 12.4. The van der Waals surface area contributed by atoms with Gasteiger partial charge in [-0.3, -0.25) is 9.69 Å². The van der Waals surface area contributed by atoms with Crippen molar-refractivity contribution < 1.29 is 4.79 Å². The number of fused-ring (bicyclic) bond motifs is 1. The number of carbonyl (C=O) groups excluding carboxylic acids is 1. The van der Waals surface area contributed by atoms with E-state index in [0.29, 0.717) is 11.5 Å². The number of carbonyl (C=O) groups is 1. The van der Waals surface area contributed by atoms with Crippen LogP contribution in [0.15, 0.2) is 18.2 Å². The van der Waals surface area contributed by atoms with Crippen LogP contribution in [-0.2, 0) is 0 Å². The average molecular weight is 363 g/mol. The molecule has 0 unspecified atom stereocenters. The summed E-state index contributed by atoms with van der Waals surface area (Å²) >= 11 is 3.26. The lowest BCUT2D eigenvalue weighted by molar-refractivity contribution is 0.0928. The standard InChI is InChI=1S/C17H22N4OS2/c22-17(13-1-2-15-16(9-13)20-24-19-15)18-10-12-3-6-21(7-4-12)14-5-8-23-11-14/h1-2,9,12,14H,3-8,10-11H2,(H,18,22)/t14-/m1/s1. The molecule has 128 valence electrons. The van der Waals surface area contributed by atoms with Gasteiger partial charge in [-0.15, -0.1) is 0 Å². The Labute approximate surface area is 150 Å². The highest BCUT2D eigenvalue weighted by Gasteiger charge is 2.27. The Morgan fingerprint density at radius 1 is 1.21 bits per heavy atom. The Bertz CT molecular complexity index is 705. The van der Waals surface area contributed by atoms with E-state index in [1.807, 2.05) is 18.2 Å². The lowest BCUT2D eigenvalue weighted by Crippen LogP contribution is -2.43. The molecule has 2 aliphatic heterocycles. The van der Waals surface area contributed by atoms with E-state index in [9.17, 15) is 4.79 Å². The maximum atomic E-state index is 12.4. The van der Waals surface area contributed by atoms with E-state index in [2.05, 4.69) is 30.7 Å². The lowest BCUT2D eigenvalue weighted by atomic mass is 9.95. The zero-order chi connectivity index (χ0) is 16.4. The van der Waals surface area contributed by atoms with E-state index in [4.69, 9.17) is 0 Å². The number of nitrogens with one attached hydrogen (secondary N) is 1. The van der Waals surface area contributed by atoms with Crippen molar-refractivity contribution >= 4 is 40.4 Å². The number of rotatable bonds is 4. The number of hydrogen-bond donors (Lipinski definition) is 1. The van der Waals surface area contributed by atoms with E-state index < -0.39 is 0 Å². The number of hydrogen-bond acceptors (Lipinski definition) is 6. The van der Waals surface area contributed by atoms with Gasteiger partial charge in [0.25, 0.3) is 5.91 Å². The Morgan fingerprint density at radius 2 is 2.04 bits per heavy atom. The fraction of sp³-hybridized carbons (Fsp3) is 0.588. The van der Waals surface area contributed by atoms with Crippen LogP contribution in [-0.4, -0.2) is 56.7 Å². The summed E-state index contributed by atoms with van der Waals surface area (Å²) in [5.74, 6) is 3.22. The van der Waals surface area contributed by atoms with Crippen LogP contribution < -0.4 is 5.32 Å². The molecule has 0 spiro atoms. The van der Waals surface area contributed by atoms with Crippen molar-refractivity contribution in [1.82, 2.24) is 19.0 Å². The molecule has 3 heterocycles. The van der Waals surface area contributed by atoms with Crippen LogP contribution in [0.25, 0.3) is 11.0 Å². The molecule has 7 heteroatoms. The van der Waals surface area contributed by atoms with Crippen LogP contribution in [0.5, 0.6) is 0 Å². The molecule has 5 nitrogen and oxygen atoms in total. The predicted octanol–water partition coefficient (Wildman–Crippen LogP) is 2.64. The van der Waals surface area contributed by atoms with Crippen LogP contribution in [0.2, 0.25) is 0 Å². The minimum atomic E-state index is -0.000442. The molecule has 4 rings (SSSR count). The van der Waals surface area contributed by atoms with Crippen molar-refractivity contribution in [2.45, 2.75) is 25.3 Å². The monoisotopic (exact) mass is 362 g/mol. The van der Waals surface area contributed by atoms with Crippen molar-refractivity contribution in [1.29, 1.82) is 0 Å². The summed E-state index contributed by atoms with van der Waals surface area (Å²) in [5.41, 5.74) is 2.33. The zero-order valence-corrected chi connectivity index (χ0v) is 15.2. The molecule has 2 aliphatic rings. The van der Waals surface area contributed by atoms with Gasteiger partial charge < -0.3 is 5.32 Å². The topological polar surface area (TPSA) is 58.1 Å². The highest BCUT2D eigenvalue weighted by Crippen LogP contribution is 2.26. The Morgan fingerprint density at radius 3 is 2.83 bits per heavy atom. The normalized spacial score (nSPS) is 22.9. The number of nitrogens with zero attached hydrogens (tertiary/aromatic N) is 3. The molecule has 1 N–H and O–H groups in total. The van der Waals surface area contributed by atoms with Crippen LogP contribution in [0.3, 0.4) is 0 Å². The summed E-state index contributed by atoms with van der Waals surface area (Å²) in [6, 6.07) is 6.32. The number of piperidine rings is 1. The maximum Gasteiger partial charge on any atom is 0.251 e. The molecule has 1 amide bonds. The van der Waals surface area contributed by atoms with Gasteiger partial charge in [0.05, 0.1) is 11.7 Å². The highest BCUT2D eigenvalue weighted by molar-refractivity contribution is 7.99. The third-order valence-electron chi connectivity index (χ3n) is 5.14. The summed E-state index contributed by atoms with van der Waals surface area (Å²) in [4.78, 5) is 15.0. The Kier molecular flexibility index (Phi) is 5.01. The van der Waals surface area contributed by atoms with Gasteiger partial charge >= 0.3 is 0 Å². The van der Waals surface area contributed by atoms with E-state index in [-0.39, 0.29) is 5.91 Å². The number of amides is 1. The second kappa shape index (κ2) is 7.37. The van der Waals surface area contributed by atoms with Crippen LogP contribution in [0, 0.1) is 5.92 Å². The predicted molar refractivity (Wildman–Crippen MR) is 99.8 cm³/mol. The Hall–Kier alpha value is -1.18. The molecule has 24 heavy (non-hydrogen) atoms. The summed E-state index contributed by atoms with van der Waals surface area (Å²) < 4.78 is 8.37. The van der Waals surface area contributed by atoms with Gasteiger partial charge in [0.15, 0.2) is 0 Å². The molecule has 2 aromatic rings. The summed E-state index contributed by atoms with van der Waals surface area (Å²) in [7, 11) is 0. The number of aromatic nitrogens is 2. The van der Waals surface area contributed by atoms with E-state index in [1.165, 1.54) is 55.6 Å². The van der Waals surface area contributed by atoms with Gasteiger partial charge in [0.1, 0.15) is 11.0 Å². The average Bonchev–Trinajstić information content (AvgIpc) is 3.30. The number of likely N-dealkylation sites (tertiary alicyclic amines) is 1. The van der Waals surface area contributed by atoms with Crippen LogP contribution in [0.4, 0.5) is 0 Å². The first-order chi connectivity index (χ1) is 11.8.